The lowest BCUT2D eigenvalue weighted by molar-refractivity contribution is -0.0595. The van der Waals surface area contributed by atoms with Gasteiger partial charge in [0, 0.05) is 38.0 Å². The Morgan fingerprint density at radius 2 is 2.08 bits per heavy atom. The number of aryl methyl sites for hydroxylation is 1. The van der Waals surface area contributed by atoms with E-state index in [9.17, 15) is 0 Å². The second kappa shape index (κ2) is 8.79. The lowest BCUT2D eigenvalue weighted by atomic mass is 10.1. The Balaban J connectivity index is 1.24. The van der Waals surface area contributed by atoms with E-state index in [1.807, 2.05) is 0 Å². The number of hydrogen-bond donors (Lipinski definition) is 0. The number of nitrogens with zero attached hydrogens (tertiary/aromatic N) is 3. The Bertz CT molecular complexity index is 576. The van der Waals surface area contributed by atoms with Gasteiger partial charge in [0.05, 0.1) is 25.0 Å². The third kappa shape index (κ3) is 4.63. The van der Waals surface area contributed by atoms with E-state index in [1.54, 1.807) is 0 Å². The van der Waals surface area contributed by atoms with Gasteiger partial charge in [-0.25, -0.2) is 0 Å². The Labute approximate surface area is 157 Å². The zero-order valence-corrected chi connectivity index (χ0v) is 16.1. The summed E-state index contributed by atoms with van der Waals surface area (Å²) in [4.78, 5) is 9.79. The van der Waals surface area contributed by atoms with Crippen molar-refractivity contribution in [1.82, 2.24) is 14.8 Å². The van der Waals surface area contributed by atoms with Crippen molar-refractivity contribution in [3.8, 4) is 0 Å². The second-order valence-electron chi connectivity index (χ2n) is 8.18. The zero-order valence-electron chi connectivity index (χ0n) is 16.1. The van der Waals surface area contributed by atoms with Crippen molar-refractivity contribution in [3.05, 3.63) is 29.6 Å². The van der Waals surface area contributed by atoms with Crippen molar-refractivity contribution in [2.45, 2.75) is 51.3 Å². The quantitative estimate of drug-likeness (QED) is 0.699. The predicted molar refractivity (Wildman–Crippen MR) is 102 cm³/mol. The van der Waals surface area contributed by atoms with E-state index in [0.29, 0.717) is 18.1 Å². The fourth-order valence-electron chi connectivity index (χ4n) is 4.80. The first-order valence-electron chi connectivity index (χ1n) is 10.4. The molecule has 0 amide bonds. The van der Waals surface area contributed by atoms with Gasteiger partial charge >= 0.3 is 0 Å². The molecule has 3 unspecified atom stereocenters. The first-order valence-corrected chi connectivity index (χ1v) is 10.4. The van der Waals surface area contributed by atoms with Gasteiger partial charge in [-0.2, -0.15) is 0 Å². The molecule has 0 spiro atoms. The van der Waals surface area contributed by atoms with Crippen LogP contribution >= 0.6 is 0 Å². The number of likely N-dealkylation sites (tertiary alicyclic amines) is 1. The number of ether oxygens (including phenoxy) is 2. The third-order valence-corrected chi connectivity index (χ3v) is 6.16. The summed E-state index contributed by atoms with van der Waals surface area (Å²) in [5.74, 6) is 0.634. The molecular formula is C21H33N3O2. The summed E-state index contributed by atoms with van der Waals surface area (Å²) in [7, 11) is 0. The number of hydrogen-bond acceptors (Lipinski definition) is 5. The van der Waals surface area contributed by atoms with Gasteiger partial charge in [0.15, 0.2) is 0 Å². The molecule has 0 N–H and O–H groups in total. The van der Waals surface area contributed by atoms with Crippen LogP contribution in [0, 0.1) is 12.8 Å². The smallest absolute Gasteiger partial charge is 0.0734 e. The monoisotopic (exact) mass is 359 g/mol. The molecule has 1 aliphatic carbocycles. The van der Waals surface area contributed by atoms with Crippen LogP contribution in [0.25, 0.3) is 0 Å². The van der Waals surface area contributed by atoms with Crippen molar-refractivity contribution in [2.75, 3.05) is 46.0 Å². The molecule has 2 saturated heterocycles. The highest BCUT2D eigenvalue weighted by Gasteiger charge is 2.41. The van der Waals surface area contributed by atoms with Gasteiger partial charge in [-0.1, -0.05) is 6.07 Å². The normalized spacial score (nSPS) is 30.0. The summed E-state index contributed by atoms with van der Waals surface area (Å²) in [6, 6.07) is 6.85. The first-order chi connectivity index (χ1) is 12.8. The maximum Gasteiger partial charge on any atom is 0.0734 e. The molecule has 2 aliphatic heterocycles. The van der Waals surface area contributed by atoms with Crippen LogP contribution in [-0.4, -0.2) is 72.9 Å². The number of rotatable bonds is 7. The maximum atomic E-state index is 6.09. The molecule has 3 heterocycles. The summed E-state index contributed by atoms with van der Waals surface area (Å²) < 4.78 is 12.1. The van der Waals surface area contributed by atoms with E-state index in [1.165, 1.54) is 38.0 Å². The standard InChI is InChI=1S/C21H33N3O2/c1-17-5-4-6-19(22-17)15-24-10-12-26-21-14-18(13-20(21)24)16-25-11-9-23-7-2-3-8-23/h4-6,18,20-21H,2-3,7-16H2,1H3. The van der Waals surface area contributed by atoms with Crippen molar-refractivity contribution < 1.29 is 9.47 Å². The fourth-order valence-corrected chi connectivity index (χ4v) is 4.80. The minimum atomic E-state index is 0.376. The highest BCUT2D eigenvalue weighted by Crippen LogP contribution is 2.35. The van der Waals surface area contributed by atoms with Crippen LogP contribution in [0.15, 0.2) is 18.2 Å². The van der Waals surface area contributed by atoms with Gasteiger partial charge in [-0.15, -0.1) is 0 Å². The number of morpholine rings is 1. The van der Waals surface area contributed by atoms with E-state index < -0.39 is 0 Å². The van der Waals surface area contributed by atoms with Gasteiger partial charge in [0.25, 0.3) is 0 Å². The van der Waals surface area contributed by atoms with E-state index in [2.05, 4.69) is 39.9 Å². The molecule has 4 rings (SSSR count). The molecule has 26 heavy (non-hydrogen) atoms. The third-order valence-electron chi connectivity index (χ3n) is 6.16. The highest BCUT2D eigenvalue weighted by molar-refractivity contribution is 5.10. The average Bonchev–Trinajstić information content (AvgIpc) is 3.29. The SMILES string of the molecule is Cc1cccc(CN2CCOC3CC(COCCN4CCCC4)CC32)n1. The van der Waals surface area contributed by atoms with Crippen LogP contribution in [0.3, 0.4) is 0 Å². The van der Waals surface area contributed by atoms with Crippen molar-refractivity contribution in [1.29, 1.82) is 0 Å². The van der Waals surface area contributed by atoms with Gasteiger partial charge in [0.1, 0.15) is 0 Å². The van der Waals surface area contributed by atoms with E-state index >= 15 is 0 Å². The van der Waals surface area contributed by atoms with Gasteiger partial charge in [0.2, 0.25) is 0 Å². The Kier molecular flexibility index (Phi) is 6.20. The largest absolute Gasteiger partial charge is 0.380 e. The maximum absolute atomic E-state index is 6.09. The summed E-state index contributed by atoms with van der Waals surface area (Å²) in [5, 5.41) is 0. The van der Waals surface area contributed by atoms with Crippen LogP contribution in [0.2, 0.25) is 0 Å². The summed E-state index contributed by atoms with van der Waals surface area (Å²) >= 11 is 0. The summed E-state index contributed by atoms with van der Waals surface area (Å²) in [6.45, 7) is 10.2. The lowest BCUT2D eigenvalue weighted by Gasteiger charge is -2.37. The fraction of sp³-hybridized carbons (Fsp3) is 0.762. The van der Waals surface area contributed by atoms with E-state index in [-0.39, 0.29) is 0 Å². The first kappa shape index (κ1) is 18.4. The molecular weight excluding hydrogens is 326 g/mol. The minimum absolute atomic E-state index is 0.376. The topological polar surface area (TPSA) is 37.8 Å². The van der Waals surface area contributed by atoms with Crippen LogP contribution in [0.4, 0.5) is 0 Å². The van der Waals surface area contributed by atoms with Gasteiger partial charge in [-0.05, 0) is 63.7 Å². The molecule has 5 nitrogen and oxygen atoms in total. The number of fused-ring (bicyclic) bond motifs is 1. The van der Waals surface area contributed by atoms with Gasteiger partial charge in [-0.3, -0.25) is 9.88 Å². The van der Waals surface area contributed by atoms with Crippen LogP contribution in [0.5, 0.6) is 0 Å². The van der Waals surface area contributed by atoms with Gasteiger partial charge < -0.3 is 14.4 Å². The zero-order chi connectivity index (χ0) is 17.8. The second-order valence-corrected chi connectivity index (χ2v) is 8.18. The molecule has 3 atom stereocenters. The molecule has 3 aliphatic rings. The molecule has 0 bridgehead atoms. The molecule has 0 radical (unpaired) electrons. The van der Waals surface area contributed by atoms with Crippen LogP contribution in [-0.2, 0) is 16.0 Å². The molecule has 1 aromatic heterocycles. The van der Waals surface area contributed by atoms with Crippen molar-refractivity contribution in [2.24, 2.45) is 5.92 Å². The number of aromatic nitrogens is 1. The lowest BCUT2D eigenvalue weighted by Crippen LogP contribution is -2.48. The predicted octanol–water partition coefficient (Wildman–Crippen LogP) is 2.48. The summed E-state index contributed by atoms with van der Waals surface area (Å²) in [6.07, 6.45) is 5.43. The minimum Gasteiger partial charge on any atom is -0.380 e. The Morgan fingerprint density at radius 1 is 1.19 bits per heavy atom. The molecule has 1 aromatic rings. The Hall–Kier alpha value is -1.01. The molecule has 3 fully saturated rings. The van der Waals surface area contributed by atoms with E-state index in [4.69, 9.17) is 9.47 Å². The van der Waals surface area contributed by atoms with E-state index in [0.717, 1.165) is 51.6 Å². The molecule has 0 aromatic carbocycles. The number of pyridine rings is 1. The van der Waals surface area contributed by atoms with Crippen LogP contribution in [0.1, 0.15) is 37.1 Å². The molecule has 5 heteroatoms. The molecule has 144 valence electrons. The average molecular weight is 360 g/mol. The van der Waals surface area contributed by atoms with Crippen molar-refractivity contribution >= 4 is 0 Å². The van der Waals surface area contributed by atoms with Crippen LogP contribution < -0.4 is 0 Å². The highest BCUT2D eigenvalue weighted by atomic mass is 16.5. The summed E-state index contributed by atoms with van der Waals surface area (Å²) in [5.41, 5.74) is 2.28. The Morgan fingerprint density at radius 3 is 2.92 bits per heavy atom. The van der Waals surface area contributed by atoms with Crippen molar-refractivity contribution in [3.63, 3.8) is 0 Å². The molecule has 1 saturated carbocycles.